The lowest BCUT2D eigenvalue weighted by molar-refractivity contribution is -0.136. The summed E-state index contributed by atoms with van der Waals surface area (Å²) in [5.74, 6) is 0.652. The summed E-state index contributed by atoms with van der Waals surface area (Å²) < 4.78 is 22.8. The van der Waals surface area contributed by atoms with Crippen LogP contribution in [0.1, 0.15) is 65.2 Å². The van der Waals surface area contributed by atoms with Crippen molar-refractivity contribution in [2.24, 2.45) is 5.92 Å². The summed E-state index contributed by atoms with van der Waals surface area (Å²) in [6, 6.07) is 11.7. The van der Waals surface area contributed by atoms with Crippen LogP contribution >= 0.6 is 0 Å². The van der Waals surface area contributed by atoms with Crippen LogP contribution in [0, 0.1) is 5.92 Å². The van der Waals surface area contributed by atoms with E-state index in [-0.39, 0.29) is 17.9 Å². The van der Waals surface area contributed by atoms with Crippen molar-refractivity contribution in [1.29, 1.82) is 0 Å². The number of fused-ring (bicyclic) bond motifs is 1. The fraction of sp³-hybridized carbons (Fsp3) is 0.531. The van der Waals surface area contributed by atoms with Crippen molar-refractivity contribution in [2.75, 3.05) is 26.9 Å². The van der Waals surface area contributed by atoms with E-state index >= 15 is 0 Å². The molecule has 10 nitrogen and oxygen atoms in total. The van der Waals surface area contributed by atoms with Gasteiger partial charge >= 0.3 is 13.2 Å². The highest BCUT2D eigenvalue weighted by molar-refractivity contribution is 6.62. The van der Waals surface area contributed by atoms with Crippen LogP contribution < -0.4 is 10.8 Å². The number of alkyl carbamates (subject to hydrolysis) is 1. The zero-order valence-electron chi connectivity index (χ0n) is 25.6. The summed E-state index contributed by atoms with van der Waals surface area (Å²) in [6.45, 7) is 10.0. The molecule has 0 spiro atoms. The second-order valence-electron chi connectivity index (χ2n) is 12.8. The second kappa shape index (κ2) is 11.6. The molecular weight excluding hydrogens is 547 g/mol. The van der Waals surface area contributed by atoms with Gasteiger partial charge in [0.05, 0.1) is 36.2 Å². The average Bonchev–Trinajstić information content (AvgIpc) is 3.73. The monoisotopic (exact) mass is 588 g/mol. The van der Waals surface area contributed by atoms with E-state index in [1.54, 1.807) is 0 Å². The fourth-order valence-electron chi connectivity index (χ4n) is 6.32. The molecular formula is C32H41BN4O6. The number of likely N-dealkylation sites (tertiary alicyclic amines) is 1. The molecule has 0 aliphatic carbocycles. The molecule has 2 atom stereocenters. The molecule has 4 heterocycles. The third-order valence-electron chi connectivity index (χ3n) is 9.61. The molecule has 2 aromatic carbocycles. The number of hydrogen-bond acceptors (Lipinski definition) is 7. The van der Waals surface area contributed by atoms with Gasteiger partial charge in [-0.15, -0.1) is 0 Å². The Balaban J connectivity index is 1.20. The van der Waals surface area contributed by atoms with E-state index in [0.717, 1.165) is 46.2 Å². The lowest BCUT2D eigenvalue weighted by Crippen LogP contribution is -2.53. The molecule has 0 saturated carbocycles. The number of hydrogen-bond donors (Lipinski definition) is 2. The van der Waals surface area contributed by atoms with Gasteiger partial charge in [-0.1, -0.05) is 30.3 Å². The molecule has 2 N–H and O–H groups in total. The van der Waals surface area contributed by atoms with Crippen molar-refractivity contribution in [2.45, 2.75) is 76.7 Å². The van der Waals surface area contributed by atoms with Gasteiger partial charge < -0.3 is 34.0 Å². The third-order valence-corrected chi connectivity index (χ3v) is 9.61. The van der Waals surface area contributed by atoms with Gasteiger partial charge in [-0.05, 0) is 81.6 Å². The largest absolute Gasteiger partial charge is 0.494 e. The van der Waals surface area contributed by atoms with Gasteiger partial charge in [-0.3, -0.25) is 4.79 Å². The molecule has 228 valence electrons. The van der Waals surface area contributed by atoms with Crippen LogP contribution in [0.25, 0.3) is 22.0 Å². The molecule has 0 bridgehead atoms. The lowest BCUT2D eigenvalue weighted by Gasteiger charge is -2.34. The number of aromatic amines is 1. The Morgan fingerprint density at radius 1 is 1.05 bits per heavy atom. The van der Waals surface area contributed by atoms with Crippen LogP contribution in [0.2, 0.25) is 0 Å². The standard InChI is InChI=1S/C32H41BN4O6/c1-31(2)32(3,4)43-33(42-31)24-11-10-21-17-23(9-8-22(21)18-24)25-19-34-28(35-25)26-7-6-14-37(26)29(38)27(36-30(39)40-5)20-12-15-41-16-13-20/h8-11,17-20,26-27H,6-7,12-16H2,1-5H3,(H,34,35)(H,36,39)/t26-,27-/m0/s1. The molecule has 2 amide bonds. The number of amides is 2. The van der Waals surface area contributed by atoms with Gasteiger partial charge in [0, 0.05) is 25.3 Å². The van der Waals surface area contributed by atoms with Crippen molar-refractivity contribution < 1.29 is 28.4 Å². The second-order valence-corrected chi connectivity index (χ2v) is 12.8. The Hall–Kier alpha value is -3.41. The number of carbonyl (C=O) groups excluding carboxylic acids is 2. The maximum Gasteiger partial charge on any atom is 0.494 e. The quantitative estimate of drug-likeness (QED) is 0.412. The highest BCUT2D eigenvalue weighted by Crippen LogP contribution is 2.37. The molecule has 3 aliphatic rings. The summed E-state index contributed by atoms with van der Waals surface area (Å²) in [6.07, 6.45) is 4.33. The molecule has 43 heavy (non-hydrogen) atoms. The topological polar surface area (TPSA) is 115 Å². The van der Waals surface area contributed by atoms with Crippen LogP contribution in [0.15, 0.2) is 42.6 Å². The lowest BCUT2D eigenvalue weighted by atomic mass is 9.78. The van der Waals surface area contributed by atoms with Crippen molar-refractivity contribution >= 4 is 35.4 Å². The first-order valence-corrected chi connectivity index (χ1v) is 15.2. The van der Waals surface area contributed by atoms with Crippen molar-refractivity contribution in [3.05, 3.63) is 48.4 Å². The number of methoxy groups -OCH3 is 1. The normalized spacial score (nSPS) is 22.6. The Labute approximate surface area is 252 Å². The molecule has 1 aromatic heterocycles. The number of nitrogens with one attached hydrogen (secondary N) is 2. The van der Waals surface area contributed by atoms with Crippen LogP contribution in [-0.2, 0) is 23.6 Å². The number of rotatable bonds is 6. The van der Waals surface area contributed by atoms with E-state index in [2.05, 4.69) is 74.4 Å². The fourth-order valence-corrected chi connectivity index (χ4v) is 6.32. The highest BCUT2D eigenvalue weighted by atomic mass is 16.7. The van der Waals surface area contributed by atoms with Crippen molar-refractivity contribution in [1.82, 2.24) is 20.2 Å². The van der Waals surface area contributed by atoms with E-state index < -0.39 is 30.5 Å². The molecule has 3 fully saturated rings. The van der Waals surface area contributed by atoms with Crippen LogP contribution in [0.3, 0.4) is 0 Å². The number of ether oxygens (including phenoxy) is 2. The Kier molecular flexibility index (Phi) is 8.00. The number of imidazole rings is 1. The van der Waals surface area contributed by atoms with Gasteiger partial charge in [0.2, 0.25) is 5.91 Å². The van der Waals surface area contributed by atoms with E-state index in [1.165, 1.54) is 7.11 Å². The SMILES string of the molecule is COC(=O)N[C@H](C(=O)N1CCC[C@H]1c1ncc(-c2ccc3cc(B4OC(C)(C)C(C)(C)O4)ccc3c2)[nH]1)C1CCOCC1. The average molecular weight is 589 g/mol. The molecule has 11 heteroatoms. The predicted octanol–water partition coefficient (Wildman–Crippen LogP) is 4.34. The minimum atomic E-state index is -0.658. The van der Waals surface area contributed by atoms with Gasteiger partial charge in [0.15, 0.2) is 0 Å². The summed E-state index contributed by atoms with van der Waals surface area (Å²) in [7, 11) is 0.908. The summed E-state index contributed by atoms with van der Waals surface area (Å²) in [5.41, 5.74) is 2.11. The molecule has 3 saturated heterocycles. The minimum Gasteiger partial charge on any atom is -0.453 e. The van der Waals surface area contributed by atoms with Crippen molar-refractivity contribution in [3.8, 4) is 11.3 Å². The number of benzene rings is 2. The predicted molar refractivity (Wildman–Crippen MR) is 164 cm³/mol. The van der Waals surface area contributed by atoms with Crippen LogP contribution in [0.4, 0.5) is 4.79 Å². The van der Waals surface area contributed by atoms with E-state index in [9.17, 15) is 9.59 Å². The maximum atomic E-state index is 13.9. The summed E-state index contributed by atoms with van der Waals surface area (Å²) in [5, 5.41) is 5.00. The van der Waals surface area contributed by atoms with Crippen LogP contribution in [0.5, 0.6) is 0 Å². The maximum absolute atomic E-state index is 13.9. The molecule has 0 unspecified atom stereocenters. The molecule has 6 rings (SSSR count). The number of nitrogens with zero attached hydrogens (tertiary/aromatic N) is 2. The zero-order chi connectivity index (χ0) is 30.4. The first-order chi connectivity index (χ1) is 20.6. The molecule has 3 aliphatic heterocycles. The highest BCUT2D eigenvalue weighted by Gasteiger charge is 2.51. The Morgan fingerprint density at radius 2 is 1.74 bits per heavy atom. The first kappa shape index (κ1) is 29.7. The van der Waals surface area contributed by atoms with Gasteiger partial charge in [-0.25, -0.2) is 9.78 Å². The van der Waals surface area contributed by atoms with Crippen LogP contribution in [-0.4, -0.2) is 78.1 Å². The zero-order valence-corrected chi connectivity index (χ0v) is 25.6. The first-order valence-electron chi connectivity index (χ1n) is 15.2. The van der Waals surface area contributed by atoms with E-state index in [0.29, 0.717) is 32.6 Å². The van der Waals surface area contributed by atoms with Crippen molar-refractivity contribution in [3.63, 3.8) is 0 Å². The van der Waals surface area contributed by atoms with E-state index in [1.807, 2.05) is 11.1 Å². The molecule has 0 radical (unpaired) electrons. The summed E-state index contributed by atoms with van der Waals surface area (Å²) in [4.78, 5) is 36.1. The third kappa shape index (κ3) is 5.78. The number of H-pyrrole nitrogens is 1. The smallest absolute Gasteiger partial charge is 0.453 e. The Morgan fingerprint density at radius 3 is 2.47 bits per heavy atom. The summed E-state index contributed by atoms with van der Waals surface area (Å²) >= 11 is 0. The molecule has 3 aromatic rings. The van der Waals surface area contributed by atoms with Gasteiger partial charge in [-0.2, -0.15) is 0 Å². The van der Waals surface area contributed by atoms with Gasteiger partial charge in [0.25, 0.3) is 0 Å². The number of carbonyl (C=O) groups is 2. The minimum absolute atomic E-state index is 0.00310. The van der Waals surface area contributed by atoms with E-state index in [4.69, 9.17) is 23.8 Å². The Bertz CT molecular complexity index is 1480. The van der Waals surface area contributed by atoms with Gasteiger partial charge in [0.1, 0.15) is 11.9 Å². The number of aromatic nitrogens is 2.